The maximum absolute atomic E-state index is 14.4. The molecule has 4 aromatic carbocycles. The molecule has 6 nitrogen and oxygen atoms in total. The number of para-hydroxylation sites is 4. The Kier molecular flexibility index (Phi) is 4.06. The van der Waals surface area contributed by atoms with Crippen LogP contribution in [0.2, 0.25) is 0 Å². The van der Waals surface area contributed by atoms with E-state index in [-0.39, 0.29) is 9.79 Å². The zero-order chi connectivity index (χ0) is 22.8. The summed E-state index contributed by atoms with van der Waals surface area (Å²) < 4.78 is 55.1. The third-order valence-corrected chi connectivity index (χ3v) is 11.5. The van der Waals surface area contributed by atoms with Crippen molar-refractivity contribution >= 4 is 42.4 Å². The van der Waals surface area contributed by atoms with Gasteiger partial charge in [0.15, 0.2) is 0 Å². The molecular weight excluding hydrogens is 456 g/mol. The molecule has 8 heteroatoms. The molecule has 1 spiro atoms. The molecule has 164 valence electrons. The fourth-order valence-corrected chi connectivity index (χ4v) is 10.7. The molecule has 2 heterocycles. The number of anilines is 4. The van der Waals surface area contributed by atoms with Gasteiger partial charge in [0.1, 0.15) is 0 Å². The number of nitrogens with zero attached hydrogens (tertiary/aromatic N) is 2. The van der Waals surface area contributed by atoms with Crippen LogP contribution in [0.25, 0.3) is 0 Å². The Bertz CT molecular complexity index is 1480. The molecule has 0 aliphatic carbocycles. The smallest absolute Gasteiger partial charge is 0.289 e. The third kappa shape index (κ3) is 2.31. The van der Waals surface area contributed by atoms with Gasteiger partial charge in [0.05, 0.1) is 21.2 Å². The maximum Gasteiger partial charge on any atom is 0.339 e. The third-order valence-electron chi connectivity index (χ3n) is 6.09. The highest BCUT2D eigenvalue weighted by Gasteiger charge is 2.74. The summed E-state index contributed by atoms with van der Waals surface area (Å²) in [6.07, 6.45) is 0. The minimum atomic E-state index is -4.45. The lowest BCUT2D eigenvalue weighted by Gasteiger charge is -2.40. The summed E-state index contributed by atoms with van der Waals surface area (Å²) >= 11 is 0. The van der Waals surface area contributed by atoms with E-state index in [1.165, 1.54) is 21.9 Å². The molecule has 0 N–H and O–H groups in total. The van der Waals surface area contributed by atoms with Crippen LogP contribution < -0.4 is 9.80 Å². The van der Waals surface area contributed by atoms with Gasteiger partial charge in [0.25, 0.3) is 0 Å². The molecule has 2 aliphatic heterocycles. The number of fused-ring (bicyclic) bond motifs is 2. The van der Waals surface area contributed by atoms with Crippen molar-refractivity contribution in [1.29, 1.82) is 0 Å². The van der Waals surface area contributed by atoms with Crippen molar-refractivity contribution in [2.75, 3.05) is 9.80 Å². The van der Waals surface area contributed by atoms with Crippen molar-refractivity contribution in [2.24, 2.45) is 0 Å². The van der Waals surface area contributed by atoms with E-state index in [1.54, 1.807) is 97.1 Å². The molecule has 6 rings (SSSR count). The highest BCUT2D eigenvalue weighted by atomic mass is 32.3. The van der Waals surface area contributed by atoms with Crippen LogP contribution in [0.1, 0.15) is 0 Å². The Morgan fingerprint density at radius 3 is 1.18 bits per heavy atom. The van der Waals surface area contributed by atoms with Crippen LogP contribution >= 0.6 is 0 Å². The van der Waals surface area contributed by atoms with Crippen LogP contribution in [-0.2, 0) is 19.7 Å². The Hall–Kier alpha value is -3.62. The zero-order valence-electron chi connectivity index (χ0n) is 17.2. The molecule has 2 aliphatic rings. The summed E-state index contributed by atoms with van der Waals surface area (Å²) in [4.78, 5) is 2.50. The molecule has 0 unspecified atom stereocenters. The monoisotopic (exact) mass is 474 g/mol. The number of sulfone groups is 2. The topological polar surface area (TPSA) is 74.8 Å². The van der Waals surface area contributed by atoms with Gasteiger partial charge in [0.2, 0.25) is 19.7 Å². The summed E-state index contributed by atoms with van der Waals surface area (Å²) in [5.41, 5.74) is 1.91. The molecule has 33 heavy (non-hydrogen) atoms. The lowest BCUT2D eigenvalue weighted by molar-refractivity contribution is 0.554. The lowest BCUT2D eigenvalue weighted by atomic mass is 10.2. The highest BCUT2D eigenvalue weighted by Crippen LogP contribution is 2.62. The molecule has 0 aromatic heterocycles. The van der Waals surface area contributed by atoms with E-state index in [4.69, 9.17) is 0 Å². The molecular formula is C25H18N2O4S2. The van der Waals surface area contributed by atoms with Gasteiger partial charge in [0, 0.05) is 11.4 Å². The van der Waals surface area contributed by atoms with Gasteiger partial charge >= 0.3 is 4.33 Å². The molecule has 0 fully saturated rings. The standard InChI is InChI=1S/C25H18N2O4S2/c28-32(29)23-17-9-10-18-24(23)33(30,31)25(32)26(19-11-3-1-4-12-19)21-15-7-8-16-22(21)27(25)20-13-5-2-6-14-20/h1-18H. The fraction of sp³-hybridized carbons (Fsp3) is 0.0400. The van der Waals surface area contributed by atoms with E-state index in [9.17, 15) is 16.8 Å². The molecule has 0 saturated carbocycles. The van der Waals surface area contributed by atoms with Crippen molar-refractivity contribution < 1.29 is 16.8 Å². The quantitative estimate of drug-likeness (QED) is 0.414. The van der Waals surface area contributed by atoms with Gasteiger partial charge in [-0.1, -0.05) is 60.7 Å². The second-order valence-corrected chi connectivity index (χ2v) is 12.1. The van der Waals surface area contributed by atoms with Crippen LogP contribution in [-0.4, -0.2) is 21.2 Å². The molecule has 0 atom stereocenters. The number of hydrogen-bond donors (Lipinski definition) is 0. The van der Waals surface area contributed by atoms with E-state index in [0.29, 0.717) is 22.7 Å². The minimum absolute atomic E-state index is 0.195. The van der Waals surface area contributed by atoms with E-state index in [2.05, 4.69) is 0 Å². The average Bonchev–Trinajstić information content (AvgIpc) is 3.24. The van der Waals surface area contributed by atoms with E-state index in [0.717, 1.165) is 0 Å². The Balaban J connectivity index is 1.83. The van der Waals surface area contributed by atoms with Gasteiger partial charge in [-0.05, 0) is 48.5 Å². The van der Waals surface area contributed by atoms with Crippen LogP contribution in [0.3, 0.4) is 0 Å². The first kappa shape index (κ1) is 20.0. The minimum Gasteiger partial charge on any atom is -0.289 e. The summed E-state index contributed by atoms with van der Waals surface area (Å²) in [6, 6.07) is 30.4. The van der Waals surface area contributed by atoms with Crippen LogP contribution in [0.5, 0.6) is 0 Å². The predicted octanol–water partition coefficient (Wildman–Crippen LogP) is 4.85. The largest absolute Gasteiger partial charge is 0.339 e. The summed E-state index contributed by atoms with van der Waals surface area (Å²) in [6.45, 7) is 0. The van der Waals surface area contributed by atoms with Gasteiger partial charge in [-0.3, -0.25) is 9.80 Å². The number of benzene rings is 4. The summed E-state index contributed by atoms with van der Waals surface area (Å²) in [5.74, 6) is 0. The highest BCUT2D eigenvalue weighted by molar-refractivity contribution is 8.13. The van der Waals surface area contributed by atoms with Gasteiger partial charge in [-0.15, -0.1) is 0 Å². The molecule has 4 aromatic rings. The fourth-order valence-electron chi connectivity index (χ4n) is 4.81. The average molecular weight is 475 g/mol. The van der Waals surface area contributed by atoms with Crippen LogP contribution in [0, 0.1) is 0 Å². The maximum atomic E-state index is 14.4. The zero-order valence-corrected chi connectivity index (χ0v) is 18.9. The summed E-state index contributed by atoms with van der Waals surface area (Å²) in [7, 11) is -8.90. The molecule has 0 radical (unpaired) electrons. The second-order valence-electron chi connectivity index (χ2n) is 7.83. The first-order valence-corrected chi connectivity index (χ1v) is 13.3. The van der Waals surface area contributed by atoms with Crippen molar-refractivity contribution in [3.63, 3.8) is 0 Å². The van der Waals surface area contributed by atoms with Crippen molar-refractivity contribution in [3.8, 4) is 0 Å². The SMILES string of the molecule is O=S1(=O)c2ccccc2S(=O)(=O)C12N(c1ccccc1)c1ccccc1N2c1ccccc1. The van der Waals surface area contributed by atoms with Crippen molar-refractivity contribution in [2.45, 2.75) is 14.1 Å². The van der Waals surface area contributed by atoms with Crippen molar-refractivity contribution in [1.82, 2.24) is 0 Å². The van der Waals surface area contributed by atoms with E-state index >= 15 is 0 Å². The molecule has 0 bridgehead atoms. The van der Waals surface area contributed by atoms with Gasteiger partial charge < -0.3 is 0 Å². The van der Waals surface area contributed by atoms with Gasteiger partial charge in [-0.25, -0.2) is 16.8 Å². The number of hydrogen-bond acceptors (Lipinski definition) is 6. The second kappa shape index (κ2) is 6.69. The Labute approximate surface area is 192 Å². The Morgan fingerprint density at radius 1 is 0.455 bits per heavy atom. The normalized spacial score (nSPS) is 18.8. The van der Waals surface area contributed by atoms with Crippen LogP contribution in [0.15, 0.2) is 119 Å². The van der Waals surface area contributed by atoms with Crippen LogP contribution in [0.4, 0.5) is 22.7 Å². The Morgan fingerprint density at radius 2 is 0.788 bits per heavy atom. The van der Waals surface area contributed by atoms with E-state index in [1.807, 2.05) is 0 Å². The van der Waals surface area contributed by atoms with Gasteiger partial charge in [-0.2, -0.15) is 0 Å². The first-order chi connectivity index (χ1) is 15.9. The summed E-state index contributed by atoms with van der Waals surface area (Å²) in [5, 5.41) is 0. The molecule has 0 saturated heterocycles. The number of rotatable bonds is 2. The first-order valence-electron chi connectivity index (χ1n) is 10.3. The lowest BCUT2D eigenvalue weighted by Crippen LogP contribution is -2.61. The molecule has 0 amide bonds. The van der Waals surface area contributed by atoms with E-state index < -0.39 is 24.0 Å². The van der Waals surface area contributed by atoms with Crippen molar-refractivity contribution in [3.05, 3.63) is 109 Å². The predicted molar refractivity (Wildman–Crippen MR) is 127 cm³/mol.